The van der Waals surface area contributed by atoms with Gasteiger partial charge < -0.3 is 10.2 Å². The fraction of sp³-hybridized carbons (Fsp3) is 0. The van der Waals surface area contributed by atoms with Gasteiger partial charge in [0.2, 0.25) is 0 Å². The lowest BCUT2D eigenvalue weighted by atomic mass is 10.2. The Balaban J connectivity index is 2.97. The SMILES string of the molecule is O=C(O)c1c(F)c2ccccc2n1C(=O)O. The summed E-state index contributed by atoms with van der Waals surface area (Å²) < 4.78 is 14.1. The highest BCUT2D eigenvalue weighted by Crippen LogP contribution is 2.24. The topological polar surface area (TPSA) is 79.5 Å². The van der Waals surface area contributed by atoms with E-state index in [2.05, 4.69) is 0 Å². The van der Waals surface area contributed by atoms with Gasteiger partial charge in [0.15, 0.2) is 11.5 Å². The monoisotopic (exact) mass is 223 g/mol. The Bertz CT molecular complexity index is 602. The summed E-state index contributed by atoms with van der Waals surface area (Å²) in [5.41, 5.74) is -0.849. The fourth-order valence-electron chi connectivity index (χ4n) is 1.59. The van der Waals surface area contributed by atoms with Gasteiger partial charge in [-0.3, -0.25) is 0 Å². The number of para-hydroxylation sites is 1. The van der Waals surface area contributed by atoms with Crippen molar-refractivity contribution in [3.63, 3.8) is 0 Å². The van der Waals surface area contributed by atoms with Crippen LogP contribution in [0.2, 0.25) is 0 Å². The van der Waals surface area contributed by atoms with Crippen LogP contribution in [0.3, 0.4) is 0 Å². The van der Waals surface area contributed by atoms with Gasteiger partial charge >= 0.3 is 12.1 Å². The van der Waals surface area contributed by atoms with Crippen LogP contribution in [0.5, 0.6) is 0 Å². The normalized spacial score (nSPS) is 10.6. The van der Waals surface area contributed by atoms with E-state index in [0.29, 0.717) is 4.57 Å². The molecular formula is C10H6FNO4. The van der Waals surface area contributed by atoms with Crippen molar-refractivity contribution in [1.29, 1.82) is 0 Å². The molecule has 0 radical (unpaired) electrons. The maximum absolute atomic E-state index is 13.6. The summed E-state index contributed by atoms with van der Waals surface area (Å²) in [6.07, 6.45) is -1.53. The van der Waals surface area contributed by atoms with Gasteiger partial charge in [0.05, 0.1) is 5.52 Å². The van der Waals surface area contributed by atoms with E-state index >= 15 is 0 Å². The lowest BCUT2D eigenvalue weighted by molar-refractivity contribution is 0.0679. The molecule has 82 valence electrons. The van der Waals surface area contributed by atoms with Crippen LogP contribution in [0.4, 0.5) is 9.18 Å². The van der Waals surface area contributed by atoms with Gasteiger partial charge in [0, 0.05) is 5.39 Å². The molecule has 0 amide bonds. The minimum absolute atomic E-state index is 0.0184. The number of nitrogens with zero attached hydrogens (tertiary/aromatic N) is 1. The van der Waals surface area contributed by atoms with Crippen LogP contribution >= 0.6 is 0 Å². The molecule has 0 atom stereocenters. The predicted octanol–water partition coefficient (Wildman–Crippen LogP) is 2.00. The Kier molecular flexibility index (Phi) is 2.12. The third-order valence-corrected chi connectivity index (χ3v) is 2.21. The number of fused-ring (bicyclic) bond motifs is 1. The number of benzene rings is 1. The molecule has 0 aliphatic rings. The van der Waals surface area contributed by atoms with Crippen molar-refractivity contribution in [2.45, 2.75) is 0 Å². The largest absolute Gasteiger partial charge is 0.476 e. The summed E-state index contributed by atoms with van der Waals surface area (Å²) in [5.74, 6) is -2.65. The molecule has 2 rings (SSSR count). The quantitative estimate of drug-likeness (QED) is 0.774. The first kappa shape index (κ1) is 10.2. The van der Waals surface area contributed by atoms with Crippen molar-refractivity contribution < 1.29 is 24.2 Å². The fourth-order valence-corrected chi connectivity index (χ4v) is 1.59. The molecule has 0 spiro atoms. The summed E-state index contributed by atoms with van der Waals surface area (Å²) in [4.78, 5) is 21.7. The molecule has 0 saturated carbocycles. The smallest absolute Gasteiger partial charge is 0.416 e. The number of aromatic carboxylic acids is 1. The summed E-state index contributed by atoms with van der Waals surface area (Å²) >= 11 is 0. The first-order chi connectivity index (χ1) is 7.54. The van der Waals surface area contributed by atoms with Crippen LogP contribution in [0.25, 0.3) is 10.9 Å². The third-order valence-electron chi connectivity index (χ3n) is 2.21. The summed E-state index contributed by atoms with van der Waals surface area (Å²) in [5, 5.41) is 17.6. The Hall–Kier alpha value is -2.37. The van der Waals surface area contributed by atoms with Gasteiger partial charge in [-0.2, -0.15) is 0 Å². The number of hydrogen-bond acceptors (Lipinski definition) is 2. The molecule has 5 nitrogen and oxygen atoms in total. The molecule has 2 aromatic rings. The van der Waals surface area contributed by atoms with E-state index in [1.54, 1.807) is 0 Å². The number of carbonyl (C=O) groups is 2. The highest BCUT2D eigenvalue weighted by atomic mass is 19.1. The van der Waals surface area contributed by atoms with E-state index in [0.717, 1.165) is 0 Å². The summed E-state index contributed by atoms with van der Waals surface area (Å²) in [6, 6.07) is 5.69. The van der Waals surface area contributed by atoms with Crippen molar-refractivity contribution >= 4 is 23.0 Å². The van der Waals surface area contributed by atoms with E-state index < -0.39 is 23.6 Å². The van der Waals surface area contributed by atoms with Crippen molar-refractivity contribution in [2.75, 3.05) is 0 Å². The molecule has 0 saturated heterocycles. The van der Waals surface area contributed by atoms with Gasteiger partial charge in [-0.15, -0.1) is 0 Å². The van der Waals surface area contributed by atoms with Gasteiger partial charge in [0.1, 0.15) is 0 Å². The van der Waals surface area contributed by atoms with Crippen LogP contribution in [0, 0.1) is 5.82 Å². The van der Waals surface area contributed by atoms with Crippen LogP contribution in [-0.4, -0.2) is 26.8 Å². The molecule has 16 heavy (non-hydrogen) atoms. The maximum Gasteiger partial charge on any atom is 0.416 e. The molecule has 0 aliphatic carbocycles. The maximum atomic E-state index is 13.6. The molecule has 6 heteroatoms. The number of rotatable bonds is 1. The van der Waals surface area contributed by atoms with Crippen LogP contribution in [-0.2, 0) is 0 Å². The molecule has 0 bridgehead atoms. The lowest BCUT2D eigenvalue weighted by Gasteiger charge is -1.99. The third kappa shape index (κ3) is 1.23. The molecule has 0 fully saturated rings. The average Bonchev–Trinajstić information content (AvgIpc) is 2.53. The molecule has 1 heterocycles. The van der Waals surface area contributed by atoms with E-state index in [-0.39, 0.29) is 10.9 Å². The first-order valence-electron chi connectivity index (χ1n) is 4.29. The van der Waals surface area contributed by atoms with Crippen LogP contribution in [0.15, 0.2) is 24.3 Å². The molecule has 0 aliphatic heterocycles. The van der Waals surface area contributed by atoms with Crippen LogP contribution in [0.1, 0.15) is 10.5 Å². The molecule has 2 N–H and O–H groups in total. The Morgan fingerprint density at radius 2 is 1.81 bits per heavy atom. The summed E-state index contributed by atoms with van der Waals surface area (Å²) in [7, 11) is 0. The van der Waals surface area contributed by atoms with Gasteiger partial charge in [-0.05, 0) is 12.1 Å². The molecule has 1 aromatic carbocycles. The average molecular weight is 223 g/mol. The second-order valence-corrected chi connectivity index (χ2v) is 3.10. The first-order valence-corrected chi connectivity index (χ1v) is 4.29. The standard InChI is InChI=1S/C10H6FNO4/c11-7-5-3-1-2-4-6(5)12(10(15)16)8(7)9(13)14/h1-4H,(H,13,14)(H,15,16). The van der Waals surface area contributed by atoms with Crippen molar-refractivity contribution in [1.82, 2.24) is 4.57 Å². The minimum atomic E-state index is -1.61. The van der Waals surface area contributed by atoms with Gasteiger partial charge in [-0.25, -0.2) is 18.5 Å². The van der Waals surface area contributed by atoms with Crippen molar-refractivity contribution in [2.24, 2.45) is 0 Å². The zero-order valence-corrected chi connectivity index (χ0v) is 7.85. The second-order valence-electron chi connectivity index (χ2n) is 3.10. The highest BCUT2D eigenvalue weighted by Gasteiger charge is 2.25. The Labute approximate surface area is 88.3 Å². The van der Waals surface area contributed by atoms with Crippen LogP contribution < -0.4 is 0 Å². The van der Waals surface area contributed by atoms with E-state index in [4.69, 9.17) is 10.2 Å². The van der Waals surface area contributed by atoms with E-state index in [1.165, 1.54) is 24.3 Å². The number of hydrogen-bond donors (Lipinski definition) is 2. The Morgan fingerprint density at radius 1 is 1.19 bits per heavy atom. The molecular weight excluding hydrogens is 217 g/mol. The van der Waals surface area contributed by atoms with E-state index in [9.17, 15) is 14.0 Å². The van der Waals surface area contributed by atoms with Crippen molar-refractivity contribution in [3.8, 4) is 0 Å². The van der Waals surface area contributed by atoms with E-state index in [1.807, 2.05) is 0 Å². The lowest BCUT2D eigenvalue weighted by Crippen LogP contribution is -2.16. The Morgan fingerprint density at radius 3 is 2.38 bits per heavy atom. The number of aromatic nitrogens is 1. The number of carboxylic acid groups (broad SMARTS) is 2. The second kappa shape index (κ2) is 3.34. The number of halogens is 1. The van der Waals surface area contributed by atoms with Crippen molar-refractivity contribution in [3.05, 3.63) is 35.8 Å². The minimum Gasteiger partial charge on any atom is -0.476 e. The summed E-state index contributed by atoms with van der Waals surface area (Å²) in [6.45, 7) is 0. The zero-order chi connectivity index (χ0) is 11.9. The van der Waals surface area contributed by atoms with Gasteiger partial charge in [-0.1, -0.05) is 12.1 Å². The predicted molar refractivity (Wildman–Crippen MR) is 52.3 cm³/mol. The van der Waals surface area contributed by atoms with Gasteiger partial charge in [0.25, 0.3) is 0 Å². The zero-order valence-electron chi connectivity index (χ0n) is 7.85. The molecule has 0 unspecified atom stereocenters. The highest BCUT2D eigenvalue weighted by molar-refractivity contribution is 6.01. The molecule has 1 aromatic heterocycles. The number of carboxylic acids is 1.